The number of nitrogens with zero attached hydrogens (tertiary/aromatic N) is 3. The normalized spacial score (nSPS) is 15.1. The van der Waals surface area contributed by atoms with Crippen molar-refractivity contribution in [2.45, 2.75) is 19.4 Å². The second-order valence-corrected chi connectivity index (χ2v) is 4.84. The molecule has 0 saturated carbocycles. The van der Waals surface area contributed by atoms with Gasteiger partial charge in [0.15, 0.2) is 0 Å². The highest BCUT2D eigenvalue weighted by molar-refractivity contribution is 5.89. The summed E-state index contributed by atoms with van der Waals surface area (Å²) in [4.78, 5) is 18.9. The Morgan fingerprint density at radius 3 is 2.89 bits per heavy atom. The van der Waals surface area contributed by atoms with Gasteiger partial charge in [-0.3, -0.25) is 9.36 Å². The Morgan fingerprint density at radius 2 is 2.16 bits per heavy atom. The molecule has 0 spiro atoms. The van der Waals surface area contributed by atoms with Crippen LogP contribution in [0.4, 0.5) is 5.69 Å². The van der Waals surface area contributed by atoms with Crippen LogP contribution in [-0.4, -0.2) is 22.6 Å². The Labute approximate surface area is 112 Å². The van der Waals surface area contributed by atoms with E-state index >= 15 is 0 Å². The van der Waals surface area contributed by atoms with Crippen molar-refractivity contribution in [3.05, 3.63) is 47.4 Å². The number of aromatic nitrogens is 2. The minimum atomic E-state index is -0.00648. The molecule has 98 valence electrons. The van der Waals surface area contributed by atoms with E-state index in [-0.39, 0.29) is 5.56 Å². The molecule has 1 aliphatic heterocycles. The number of rotatable bonds is 3. The minimum absolute atomic E-state index is 0.00648. The summed E-state index contributed by atoms with van der Waals surface area (Å²) in [5, 5.41) is 1.05. The van der Waals surface area contributed by atoms with Gasteiger partial charge in [-0.15, -0.1) is 6.58 Å². The van der Waals surface area contributed by atoms with Crippen molar-refractivity contribution < 1.29 is 0 Å². The zero-order valence-electron chi connectivity index (χ0n) is 10.9. The third-order valence-electron chi connectivity index (χ3n) is 3.60. The van der Waals surface area contributed by atoms with Crippen molar-refractivity contribution in [3.8, 4) is 0 Å². The maximum atomic E-state index is 12.2. The van der Waals surface area contributed by atoms with Crippen LogP contribution in [0.5, 0.6) is 0 Å². The molecule has 0 N–H and O–H groups in total. The molecule has 0 atom stereocenters. The van der Waals surface area contributed by atoms with Crippen molar-refractivity contribution in [1.29, 1.82) is 0 Å². The number of anilines is 1. The summed E-state index contributed by atoms with van der Waals surface area (Å²) in [6, 6.07) is 5.69. The highest BCUT2D eigenvalue weighted by Gasteiger charge is 2.17. The maximum Gasteiger partial charge on any atom is 0.254 e. The largest absolute Gasteiger partial charge is 0.371 e. The second kappa shape index (κ2) is 4.88. The van der Waals surface area contributed by atoms with Gasteiger partial charge in [-0.1, -0.05) is 6.08 Å². The Bertz CT molecular complexity index is 669. The fourth-order valence-electron chi connectivity index (χ4n) is 2.71. The van der Waals surface area contributed by atoms with E-state index in [0.29, 0.717) is 6.54 Å². The Hall–Kier alpha value is -2.10. The Morgan fingerprint density at radius 1 is 1.37 bits per heavy atom. The first kappa shape index (κ1) is 12.0. The lowest BCUT2D eigenvalue weighted by atomic mass is 10.2. The molecule has 3 heterocycles. The van der Waals surface area contributed by atoms with Crippen LogP contribution in [0.15, 0.2) is 41.8 Å². The van der Waals surface area contributed by atoms with Crippen molar-refractivity contribution in [2.75, 3.05) is 18.0 Å². The van der Waals surface area contributed by atoms with Gasteiger partial charge in [-0.05, 0) is 25.0 Å². The predicted molar refractivity (Wildman–Crippen MR) is 77.6 cm³/mol. The molecule has 1 saturated heterocycles. The van der Waals surface area contributed by atoms with Crippen LogP contribution in [-0.2, 0) is 6.54 Å². The lowest BCUT2D eigenvalue weighted by Crippen LogP contribution is -2.25. The van der Waals surface area contributed by atoms with E-state index in [1.54, 1.807) is 22.9 Å². The van der Waals surface area contributed by atoms with Crippen LogP contribution in [0.3, 0.4) is 0 Å². The van der Waals surface area contributed by atoms with Gasteiger partial charge in [0, 0.05) is 37.3 Å². The van der Waals surface area contributed by atoms with Gasteiger partial charge < -0.3 is 4.90 Å². The van der Waals surface area contributed by atoms with Gasteiger partial charge in [0.05, 0.1) is 5.69 Å². The van der Waals surface area contributed by atoms with Gasteiger partial charge in [0.1, 0.15) is 5.65 Å². The molecule has 0 unspecified atom stereocenters. The average molecular weight is 255 g/mol. The van der Waals surface area contributed by atoms with Crippen LogP contribution >= 0.6 is 0 Å². The first-order chi connectivity index (χ1) is 9.31. The standard InChI is InChI=1S/C15H17N3O/c1-2-8-18-14(19)11-13(17-9-3-4-10-17)12-6-5-7-16-15(12)18/h2,5-7,11H,1,3-4,8-10H2. The molecule has 19 heavy (non-hydrogen) atoms. The van der Waals surface area contributed by atoms with Crippen molar-refractivity contribution in [1.82, 2.24) is 9.55 Å². The van der Waals surface area contributed by atoms with Crippen molar-refractivity contribution in [3.63, 3.8) is 0 Å². The van der Waals surface area contributed by atoms with Crippen LogP contribution in [0.25, 0.3) is 11.0 Å². The van der Waals surface area contributed by atoms with E-state index < -0.39 is 0 Å². The van der Waals surface area contributed by atoms with Gasteiger partial charge in [0.2, 0.25) is 0 Å². The molecule has 2 aromatic heterocycles. The smallest absolute Gasteiger partial charge is 0.254 e. The van der Waals surface area contributed by atoms with Crippen LogP contribution in [0, 0.1) is 0 Å². The number of allylic oxidation sites excluding steroid dienone is 1. The van der Waals surface area contributed by atoms with E-state index in [4.69, 9.17) is 0 Å². The molecular formula is C15H17N3O. The van der Waals surface area contributed by atoms with E-state index in [1.165, 1.54) is 12.8 Å². The molecule has 1 fully saturated rings. The lowest BCUT2D eigenvalue weighted by molar-refractivity contribution is 0.802. The highest BCUT2D eigenvalue weighted by Crippen LogP contribution is 2.26. The van der Waals surface area contributed by atoms with Gasteiger partial charge in [0.25, 0.3) is 5.56 Å². The Balaban J connectivity index is 2.26. The molecule has 1 aliphatic rings. The third-order valence-corrected chi connectivity index (χ3v) is 3.60. The summed E-state index contributed by atoms with van der Waals surface area (Å²) in [5.41, 5.74) is 1.76. The van der Waals surface area contributed by atoms with Crippen LogP contribution in [0.1, 0.15) is 12.8 Å². The monoisotopic (exact) mass is 255 g/mol. The third kappa shape index (κ3) is 2.03. The Kier molecular flexibility index (Phi) is 3.07. The fourth-order valence-corrected chi connectivity index (χ4v) is 2.71. The summed E-state index contributed by atoms with van der Waals surface area (Å²) in [7, 11) is 0. The molecule has 0 aliphatic carbocycles. The molecular weight excluding hydrogens is 238 g/mol. The number of pyridine rings is 2. The number of fused-ring (bicyclic) bond motifs is 1. The summed E-state index contributed by atoms with van der Waals surface area (Å²) in [6.07, 6.45) is 5.84. The summed E-state index contributed by atoms with van der Waals surface area (Å²) in [6.45, 7) is 6.24. The molecule has 0 bridgehead atoms. The number of hydrogen-bond donors (Lipinski definition) is 0. The molecule has 0 amide bonds. The van der Waals surface area contributed by atoms with Gasteiger partial charge in [-0.2, -0.15) is 0 Å². The fraction of sp³-hybridized carbons (Fsp3) is 0.333. The van der Waals surface area contributed by atoms with E-state index in [0.717, 1.165) is 29.8 Å². The quantitative estimate of drug-likeness (QED) is 0.789. The average Bonchev–Trinajstić information content (AvgIpc) is 2.95. The van der Waals surface area contributed by atoms with Gasteiger partial charge in [-0.25, -0.2) is 4.98 Å². The molecule has 0 aromatic carbocycles. The summed E-state index contributed by atoms with van der Waals surface area (Å²) in [5.74, 6) is 0. The zero-order valence-corrected chi connectivity index (χ0v) is 10.9. The first-order valence-corrected chi connectivity index (χ1v) is 6.65. The van der Waals surface area contributed by atoms with Crippen LogP contribution < -0.4 is 10.5 Å². The topological polar surface area (TPSA) is 38.1 Å². The summed E-state index contributed by atoms with van der Waals surface area (Å²) < 4.78 is 1.67. The van der Waals surface area contributed by atoms with E-state index in [9.17, 15) is 4.79 Å². The predicted octanol–water partition coefficient (Wildman–Crippen LogP) is 2.18. The van der Waals surface area contributed by atoms with E-state index in [1.807, 2.05) is 12.1 Å². The molecule has 4 heteroatoms. The summed E-state index contributed by atoms with van der Waals surface area (Å²) >= 11 is 0. The highest BCUT2D eigenvalue weighted by atomic mass is 16.1. The van der Waals surface area contributed by atoms with Gasteiger partial charge >= 0.3 is 0 Å². The maximum absolute atomic E-state index is 12.2. The molecule has 0 radical (unpaired) electrons. The van der Waals surface area contributed by atoms with Crippen molar-refractivity contribution in [2.24, 2.45) is 0 Å². The first-order valence-electron chi connectivity index (χ1n) is 6.65. The lowest BCUT2D eigenvalue weighted by Gasteiger charge is -2.20. The minimum Gasteiger partial charge on any atom is -0.371 e. The number of hydrogen-bond acceptors (Lipinski definition) is 3. The second-order valence-electron chi connectivity index (χ2n) is 4.84. The SMILES string of the molecule is C=CCn1c(=O)cc(N2CCCC2)c2cccnc21. The van der Waals surface area contributed by atoms with Crippen LogP contribution in [0.2, 0.25) is 0 Å². The van der Waals surface area contributed by atoms with E-state index in [2.05, 4.69) is 16.5 Å². The molecule has 4 nitrogen and oxygen atoms in total. The van der Waals surface area contributed by atoms with Crippen molar-refractivity contribution >= 4 is 16.7 Å². The zero-order chi connectivity index (χ0) is 13.2. The molecule has 2 aromatic rings. The molecule has 3 rings (SSSR count).